The van der Waals surface area contributed by atoms with E-state index in [1.54, 1.807) is 6.92 Å². The van der Waals surface area contributed by atoms with Gasteiger partial charge in [-0.3, -0.25) is 4.90 Å². The van der Waals surface area contributed by atoms with Crippen LogP contribution < -0.4 is 5.32 Å². The van der Waals surface area contributed by atoms with E-state index >= 15 is 0 Å². The number of nitrogens with zero attached hydrogens (tertiary/aromatic N) is 2. The quantitative estimate of drug-likeness (QED) is 0.615. The van der Waals surface area contributed by atoms with Crippen molar-refractivity contribution < 1.29 is 14.6 Å². The molecule has 1 aliphatic carbocycles. The third-order valence-electron chi connectivity index (χ3n) is 5.84. The SMILES string of the molecule is CC1=CC2=CC=CNC2C(N2CCN(C(=O)OC(C)(C)C)CC2)c2ccc(Cl)cc21.CCO. The van der Waals surface area contributed by atoms with Gasteiger partial charge < -0.3 is 20.1 Å². The second kappa shape index (κ2) is 10.8. The largest absolute Gasteiger partial charge is 0.444 e. The van der Waals surface area contributed by atoms with Gasteiger partial charge in [0.05, 0.1) is 12.1 Å². The Morgan fingerprint density at radius 2 is 1.91 bits per heavy atom. The van der Waals surface area contributed by atoms with Gasteiger partial charge in [-0.15, -0.1) is 0 Å². The van der Waals surface area contributed by atoms with Crippen LogP contribution in [0.2, 0.25) is 5.02 Å². The number of amides is 1. The number of hydrogen-bond donors (Lipinski definition) is 2. The molecule has 4 rings (SSSR count). The molecule has 2 heterocycles. The first-order chi connectivity index (χ1) is 15.6. The number of benzene rings is 1. The molecule has 0 aromatic heterocycles. The maximum Gasteiger partial charge on any atom is 0.410 e. The van der Waals surface area contributed by atoms with E-state index in [0.717, 1.165) is 18.1 Å². The first-order valence-corrected chi connectivity index (χ1v) is 12.0. The molecule has 180 valence electrons. The summed E-state index contributed by atoms with van der Waals surface area (Å²) in [5, 5.41) is 11.9. The Balaban J connectivity index is 0.000000968. The van der Waals surface area contributed by atoms with Gasteiger partial charge in [0.2, 0.25) is 0 Å². The van der Waals surface area contributed by atoms with Crippen molar-refractivity contribution >= 4 is 23.3 Å². The molecule has 1 fully saturated rings. The van der Waals surface area contributed by atoms with Gasteiger partial charge in [0.25, 0.3) is 0 Å². The summed E-state index contributed by atoms with van der Waals surface area (Å²) >= 11 is 6.35. The Kier molecular flexibility index (Phi) is 8.27. The molecule has 0 radical (unpaired) electrons. The minimum absolute atomic E-state index is 0.153. The average Bonchev–Trinajstić information content (AvgIpc) is 2.87. The van der Waals surface area contributed by atoms with Crippen LogP contribution in [0.3, 0.4) is 0 Å². The van der Waals surface area contributed by atoms with Crippen LogP contribution in [0.15, 0.2) is 48.2 Å². The lowest BCUT2D eigenvalue weighted by Gasteiger charge is -2.43. The fraction of sp³-hybridized carbons (Fsp3) is 0.500. The first kappa shape index (κ1) is 25.3. The summed E-state index contributed by atoms with van der Waals surface area (Å²) in [5.74, 6) is 0. The molecule has 3 aliphatic rings. The summed E-state index contributed by atoms with van der Waals surface area (Å²) < 4.78 is 5.56. The number of carbonyl (C=O) groups is 1. The van der Waals surface area contributed by atoms with Gasteiger partial charge in [0, 0.05) is 37.8 Å². The van der Waals surface area contributed by atoms with Crippen LogP contribution in [0.1, 0.15) is 51.8 Å². The van der Waals surface area contributed by atoms with Crippen molar-refractivity contribution in [3.63, 3.8) is 0 Å². The Labute approximate surface area is 202 Å². The maximum atomic E-state index is 12.5. The summed E-state index contributed by atoms with van der Waals surface area (Å²) in [5.41, 5.74) is 4.47. The number of halogens is 1. The first-order valence-electron chi connectivity index (χ1n) is 11.6. The number of ether oxygens (including phenoxy) is 1. The number of rotatable bonds is 1. The highest BCUT2D eigenvalue weighted by atomic mass is 35.5. The van der Waals surface area contributed by atoms with Gasteiger partial charge in [-0.25, -0.2) is 4.79 Å². The van der Waals surface area contributed by atoms with E-state index in [4.69, 9.17) is 21.4 Å². The Bertz CT molecular complexity index is 941. The van der Waals surface area contributed by atoms with Crippen LogP contribution in [-0.2, 0) is 4.74 Å². The molecule has 0 bridgehead atoms. The van der Waals surface area contributed by atoms with Gasteiger partial charge in [0.1, 0.15) is 5.60 Å². The summed E-state index contributed by atoms with van der Waals surface area (Å²) in [7, 11) is 0. The third kappa shape index (κ3) is 6.19. The minimum Gasteiger partial charge on any atom is -0.444 e. The van der Waals surface area contributed by atoms with Crippen molar-refractivity contribution in [1.82, 2.24) is 15.1 Å². The van der Waals surface area contributed by atoms with E-state index in [-0.39, 0.29) is 24.8 Å². The number of fused-ring (bicyclic) bond motifs is 2. The van der Waals surface area contributed by atoms with Crippen molar-refractivity contribution in [2.75, 3.05) is 32.8 Å². The molecule has 1 saturated heterocycles. The molecule has 6 nitrogen and oxygen atoms in total. The lowest BCUT2D eigenvalue weighted by Crippen LogP contribution is -2.54. The van der Waals surface area contributed by atoms with E-state index in [0.29, 0.717) is 13.1 Å². The van der Waals surface area contributed by atoms with Crippen molar-refractivity contribution in [3.8, 4) is 0 Å². The summed E-state index contributed by atoms with van der Waals surface area (Å²) in [6, 6.07) is 6.51. The lowest BCUT2D eigenvalue weighted by molar-refractivity contribution is 0.00900. The monoisotopic (exact) mass is 473 g/mol. The van der Waals surface area contributed by atoms with E-state index in [9.17, 15) is 4.79 Å². The summed E-state index contributed by atoms with van der Waals surface area (Å²) in [6.07, 6.45) is 8.28. The maximum absolute atomic E-state index is 12.5. The standard InChI is InChI=1S/C24H30ClN3O2.C2H6O/c1-16-14-17-6-5-9-26-21(17)22(19-8-7-18(25)15-20(16)19)27-10-12-28(13-11-27)23(29)30-24(2,3)4;1-2-3/h5-9,14-15,21-22,26H,10-13H2,1-4H3;3H,2H2,1H3. The highest BCUT2D eigenvalue weighted by Gasteiger charge is 2.37. The number of allylic oxidation sites excluding steroid dienone is 3. The molecule has 0 spiro atoms. The molecule has 1 aromatic carbocycles. The van der Waals surface area contributed by atoms with Crippen molar-refractivity contribution in [1.29, 1.82) is 0 Å². The van der Waals surface area contributed by atoms with Crippen LogP contribution in [0.25, 0.3) is 5.57 Å². The Morgan fingerprint density at radius 1 is 1.24 bits per heavy atom. The normalized spacial score (nSPS) is 22.5. The van der Waals surface area contributed by atoms with E-state index in [1.807, 2.05) is 37.9 Å². The number of aliphatic hydroxyl groups excluding tert-OH is 1. The number of nitrogens with one attached hydrogen (secondary N) is 1. The third-order valence-corrected chi connectivity index (χ3v) is 6.07. The Hall–Kier alpha value is -2.28. The molecule has 0 saturated carbocycles. The summed E-state index contributed by atoms with van der Waals surface area (Å²) in [6.45, 7) is 12.7. The molecular weight excluding hydrogens is 438 g/mol. The van der Waals surface area contributed by atoms with Gasteiger partial charge in [-0.1, -0.05) is 29.8 Å². The minimum atomic E-state index is -0.477. The molecule has 1 aromatic rings. The molecule has 33 heavy (non-hydrogen) atoms. The van der Waals surface area contributed by atoms with Gasteiger partial charge in [-0.05, 0) is 81.3 Å². The van der Waals surface area contributed by atoms with Crippen LogP contribution in [0.5, 0.6) is 0 Å². The number of carbonyl (C=O) groups excluding carboxylic acids is 1. The number of hydrogen-bond acceptors (Lipinski definition) is 5. The number of piperazine rings is 1. The lowest BCUT2D eigenvalue weighted by atomic mass is 9.90. The van der Waals surface area contributed by atoms with Crippen molar-refractivity contribution in [2.24, 2.45) is 0 Å². The molecular formula is C26H36ClN3O3. The highest BCUT2D eigenvalue weighted by molar-refractivity contribution is 6.30. The van der Waals surface area contributed by atoms with Crippen molar-refractivity contribution in [2.45, 2.75) is 52.3 Å². The number of aliphatic hydroxyl groups is 1. The highest BCUT2D eigenvalue weighted by Crippen LogP contribution is 2.40. The van der Waals surface area contributed by atoms with Crippen LogP contribution in [-0.4, -0.2) is 65.4 Å². The topological polar surface area (TPSA) is 65.0 Å². The number of dihydropyridines is 1. The van der Waals surface area contributed by atoms with E-state index in [2.05, 4.69) is 47.5 Å². The zero-order valence-electron chi connectivity index (χ0n) is 20.3. The van der Waals surface area contributed by atoms with Crippen LogP contribution >= 0.6 is 11.6 Å². The molecule has 7 heteroatoms. The molecule has 2 aliphatic heterocycles. The Morgan fingerprint density at radius 3 is 2.55 bits per heavy atom. The second-order valence-electron chi connectivity index (χ2n) is 9.49. The van der Waals surface area contributed by atoms with Gasteiger partial charge >= 0.3 is 6.09 Å². The predicted octanol–water partition coefficient (Wildman–Crippen LogP) is 4.76. The molecule has 1 amide bonds. The van der Waals surface area contributed by atoms with Gasteiger partial charge in [0.15, 0.2) is 0 Å². The predicted molar refractivity (Wildman–Crippen MR) is 134 cm³/mol. The van der Waals surface area contributed by atoms with E-state index < -0.39 is 5.60 Å². The van der Waals surface area contributed by atoms with Crippen LogP contribution in [0.4, 0.5) is 4.79 Å². The van der Waals surface area contributed by atoms with Crippen molar-refractivity contribution in [3.05, 3.63) is 64.3 Å². The fourth-order valence-corrected chi connectivity index (χ4v) is 4.65. The zero-order valence-corrected chi connectivity index (χ0v) is 21.0. The molecule has 2 unspecified atom stereocenters. The molecule has 2 atom stereocenters. The zero-order chi connectivity index (χ0) is 24.2. The average molecular weight is 474 g/mol. The second-order valence-corrected chi connectivity index (χ2v) is 9.93. The van der Waals surface area contributed by atoms with E-state index in [1.165, 1.54) is 22.3 Å². The fourth-order valence-electron chi connectivity index (χ4n) is 4.48. The molecule has 2 N–H and O–H groups in total. The van der Waals surface area contributed by atoms with Crippen LogP contribution in [0, 0.1) is 0 Å². The smallest absolute Gasteiger partial charge is 0.410 e. The summed E-state index contributed by atoms with van der Waals surface area (Å²) in [4.78, 5) is 16.8. The van der Waals surface area contributed by atoms with Gasteiger partial charge in [-0.2, -0.15) is 0 Å².